The van der Waals surface area contributed by atoms with E-state index in [0.29, 0.717) is 12.8 Å². The molecule has 3 rings (SSSR count). The maximum atomic E-state index is 13.6. The Morgan fingerprint density at radius 3 is 2.86 bits per heavy atom. The largest absolute Gasteiger partial charge is 0.481 e. The first-order valence-electron chi connectivity index (χ1n) is 7.14. The highest BCUT2D eigenvalue weighted by Gasteiger charge is 2.22. The zero-order chi connectivity index (χ0) is 15.5. The number of hydrogen-bond acceptors (Lipinski definition) is 3. The highest BCUT2D eigenvalue weighted by molar-refractivity contribution is 5.67. The average Bonchev–Trinajstić information content (AvgIpc) is 2.86. The van der Waals surface area contributed by atoms with Gasteiger partial charge in [-0.25, -0.2) is 4.39 Å². The van der Waals surface area contributed by atoms with Crippen LogP contribution in [-0.2, 0) is 4.79 Å². The van der Waals surface area contributed by atoms with E-state index in [1.54, 1.807) is 12.3 Å². The molecule has 0 aliphatic carbocycles. The van der Waals surface area contributed by atoms with Gasteiger partial charge in [0.05, 0.1) is 11.1 Å². The third-order valence-corrected chi connectivity index (χ3v) is 3.71. The molecule has 22 heavy (non-hydrogen) atoms. The van der Waals surface area contributed by atoms with Crippen molar-refractivity contribution in [3.8, 4) is 0 Å². The highest BCUT2D eigenvalue weighted by Crippen LogP contribution is 2.29. The van der Waals surface area contributed by atoms with Gasteiger partial charge in [0, 0.05) is 17.8 Å². The summed E-state index contributed by atoms with van der Waals surface area (Å²) in [6.07, 6.45) is 2.85. The number of nitrogens with zero attached hydrogens (tertiary/aromatic N) is 2. The number of pyridine rings is 1. The third-order valence-electron chi connectivity index (χ3n) is 3.71. The van der Waals surface area contributed by atoms with Gasteiger partial charge in [-0.05, 0) is 48.7 Å². The lowest BCUT2D eigenvalue weighted by Gasteiger charge is -2.12. The van der Waals surface area contributed by atoms with Crippen LogP contribution in [0.15, 0.2) is 47.6 Å². The van der Waals surface area contributed by atoms with Gasteiger partial charge in [0.1, 0.15) is 11.9 Å². The molecule has 0 fully saturated rings. The molecule has 4 nitrogen and oxygen atoms in total. The first-order chi connectivity index (χ1) is 10.6. The Bertz CT molecular complexity index is 818. The van der Waals surface area contributed by atoms with E-state index >= 15 is 0 Å². The molecular formula is C17H15FN2O2. The SMILES string of the molecule is O=C(O)CCCC1=c2cc(F)ccc2=N[C@@H]1c1ccccn1. The van der Waals surface area contributed by atoms with Crippen LogP contribution in [0.2, 0.25) is 0 Å². The molecule has 112 valence electrons. The van der Waals surface area contributed by atoms with E-state index in [1.807, 2.05) is 18.2 Å². The van der Waals surface area contributed by atoms with Crippen LogP contribution in [0.1, 0.15) is 31.0 Å². The number of fused-ring (bicyclic) bond motifs is 1. The van der Waals surface area contributed by atoms with E-state index < -0.39 is 5.97 Å². The van der Waals surface area contributed by atoms with Gasteiger partial charge in [-0.2, -0.15) is 0 Å². The molecular weight excluding hydrogens is 283 g/mol. The molecule has 1 aromatic heterocycles. The zero-order valence-electron chi connectivity index (χ0n) is 11.9. The molecule has 1 atom stereocenters. The van der Waals surface area contributed by atoms with Crippen LogP contribution in [0.25, 0.3) is 5.57 Å². The molecule has 1 aromatic carbocycles. The minimum atomic E-state index is -0.829. The first-order valence-corrected chi connectivity index (χ1v) is 7.14. The minimum Gasteiger partial charge on any atom is -0.481 e. The second-order valence-electron chi connectivity index (χ2n) is 5.22. The number of hydrogen-bond donors (Lipinski definition) is 1. The quantitative estimate of drug-likeness (QED) is 0.918. The number of carbonyl (C=O) groups is 1. The molecule has 0 saturated heterocycles. The summed E-state index contributed by atoms with van der Waals surface area (Å²) in [5.74, 6) is -1.14. The lowest BCUT2D eigenvalue weighted by Crippen LogP contribution is -2.23. The van der Waals surface area contributed by atoms with Crippen molar-refractivity contribution in [1.82, 2.24) is 4.98 Å². The summed E-state index contributed by atoms with van der Waals surface area (Å²) < 4.78 is 13.6. The number of carboxylic acid groups (broad SMARTS) is 1. The van der Waals surface area contributed by atoms with E-state index in [1.165, 1.54) is 12.1 Å². The lowest BCUT2D eigenvalue weighted by atomic mass is 9.97. The number of halogens is 1. The van der Waals surface area contributed by atoms with E-state index in [0.717, 1.165) is 21.8 Å². The predicted molar refractivity (Wildman–Crippen MR) is 79.1 cm³/mol. The van der Waals surface area contributed by atoms with Gasteiger partial charge in [0.2, 0.25) is 0 Å². The molecule has 0 unspecified atom stereocenters. The number of aromatic nitrogens is 1. The number of benzene rings is 1. The van der Waals surface area contributed by atoms with Gasteiger partial charge in [-0.3, -0.25) is 14.8 Å². The maximum absolute atomic E-state index is 13.6. The molecule has 0 radical (unpaired) electrons. The fraction of sp³-hybridized carbons (Fsp3) is 0.235. The highest BCUT2D eigenvalue weighted by atomic mass is 19.1. The molecule has 2 heterocycles. The number of aliphatic carboxylic acids is 1. The number of carboxylic acids is 1. The van der Waals surface area contributed by atoms with Crippen molar-refractivity contribution >= 4 is 11.5 Å². The predicted octanol–water partition coefficient (Wildman–Crippen LogP) is 2.00. The standard InChI is InChI=1S/C17H15FN2O2/c18-11-7-8-14-13(10-11)12(4-3-6-16(21)22)17(20-14)15-5-1-2-9-19-15/h1-2,5,7-10,17H,3-4,6H2,(H,21,22)/t17-/m0/s1. The van der Waals surface area contributed by atoms with E-state index in [2.05, 4.69) is 9.98 Å². The van der Waals surface area contributed by atoms with Gasteiger partial charge < -0.3 is 5.11 Å². The molecule has 0 saturated carbocycles. The van der Waals surface area contributed by atoms with Crippen LogP contribution in [0, 0.1) is 5.82 Å². The van der Waals surface area contributed by atoms with Crippen molar-refractivity contribution in [2.24, 2.45) is 4.99 Å². The van der Waals surface area contributed by atoms with Crippen molar-refractivity contribution in [2.45, 2.75) is 25.3 Å². The molecule has 1 N–H and O–H groups in total. The van der Waals surface area contributed by atoms with Crippen molar-refractivity contribution in [2.75, 3.05) is 0 Å². The number of rotatable bonds is 5. The summed E-state index contributed by atoms with van der Waals surface area (Å²) >= 11 is 0. The fourth-order valence-electron chi connectivity index (χ4n) is 2.73. The first kappa shape index (κ1) is 14.4. The summed E-state index contributed by atoms with van der Waals surface area (Å²) in [5, 5.41) is 10.3. The molecule has 5 heteroatoms. The summed E-state index contributed by atoms with van der Waals surface area (Å²) in [4.78, 5) is 19.7. The Hall–Kier alpha value is -2.56. The Labute approximate surface area is 126 Å². The van der Waals surface area contributed by atoms with Crippen molar-refractivity contribution in [3.05, 3.63) is 64.7 Å². The molecule has 2 aromatic rings. The van der Waals surface area contributed by atoms with Gasteiger partial charge in [0.25, 0.3) is 0 Å². The van der Waals surface area contributed by atoms with E-state index in [4.69, 9.17) is 5.11 Å². The second kappa shape index (κ2) is 6.05. The van der Waals surface area contributed by atoms with Crippen molar-refractivity contribution in [3.63, 3.8) is 0 Å². The lowest BCUT2D eigenvalue weighted by molar-refractivity contribution is -0.137. The smallest absolute Gasteiger partial charge is 0.303 e. The van der Waals surface area contributed by atoms with Gasteiger partial charge in [-0.1, -0.05) is 6.07 Å². The molecule has 1 aliphatic rings. The Morgan fingerprint density at radius 1 is 1.27 bits per heavy atom. The van der Waals surface area contributed by atoms with Crippen LogP contribution >= 0.6 is 0 Å². The fourth-order valence-corrected chi connectivity index (χ4v) is 2.73. The Kier molecular flexibility index (Phi) is 3.96. The van der Waals surface area contributed by atoms with Crippen LogP contribution in [0.5, 0.6) is 0 Å². The molecule has 1 aliphatic heterocycles. The average molecular weight is 298 g/mol. The molecule has 0 bridgehead atoms. The summed E-state index contributed by atoms with van der Waals surface area (Å²) in [6, 6.07) is 9.85. The van der Waals surface area contributed by atoms with Crippen LogP contribution in [-0.4, -0.2) is 16.1 Å². The van der Waals surface area contributed by atoms with Gasteiger partial charge in [-0.15, -0.1) is 0 Å². The molecule has 0 spiro atoms. The minimum absolute atomic E-state index is 0.0864. The van der Waals surface area contributed by atoms with Crippen molar-refractivity contribution in [1.29, 1.82) is 0 Å². The summed E-state index contributed by atoms with van der Waals surface area (Å²) in [5.41, 5.74) is 1.74. The van der Waals surface area contributed by atoms with Crippen LogP contribution < -0.4 is 10.6 Å². The normalized spacial score (nSPS) is 16.2. The zero-order valence-corrected chi connectivity index (χ0v) is 11.9. The van der Waals surface area contributed by atoms with Crippen LogP contribution in [0.3, 0.4) is 0 Å². The van der Waals surface area contributed by atoms with Crippen LogP contribution in [0.4, 0.5) is 4.39 Å². The van der Waals surface area contributed by atoms with E-state index in [9.17, 15) is 9.18 Å². The van der Waals surface area contributed by atoms with Crippen molar-refractivity contribution < 1.29 is 14.3 Å². The third kappa shape index (κ3) is 2.88. The monoisotopic (exact) mass is 298 g/mol. The topological polar surface area (TPSA) is 62.5 Å². The Morgan fingerprint density at radius 2 is 2.14 bits per heavy atom. The summed E-state index contributed by atoms with van der Waals surface area (Å²) in [6.45, 7) is 0. The van der Waals surface area contributed by atoms with Gasteiger partial charge >= 0.3 is 5.97 Å². The summed E-state index contributed by atoms with van der Waals surface area (Å²) in [7, 11) is 0. The van der Waals surface area contributed by atoms with Gasteiger partial charge in [0.15, 0.2) is 0 Å². The maximum Gasteiger partial charge on any atom is 0.303 e. The second-order valence-corrected chi connectivity index (χ2v) is 5.22. The Balaban J connectivity index is 2.02. The molecule has 0 amide bonds. The van der Waals surface area contributed by atoms with E-state index in [-0.39, 0.29) is 18.3 Å².